The normalized spacial score (nSPS) is 11.4. The summed E-state index contributed by atoms with van der Waals surface area (Å²) in [5, 5.41) is 0. The average molecular weight is 304 g/mol. The molecule has 1 aromatic rings. The Morgan fingerprint density at radius 1 is 1.05 bits per heavy atom. The van der Waals surface area contributed by atoms with Gasteiger partial charge >= 0.3 is 11.9 Å². The van der Waals surface area contributed by atoms with Crippen LogP contribution in [0.1, 0.15) is 51.7 Å². The van der Waals surface area contributed by atoms with E-state index in [0.717, 1.165) is 24.0 Å². The molecule has 22 heavy (non-hydrogen) atoms. The molecule has 4 nitrogen and oxygen atoms in total. The first kappa shape index (κ1) is 18.0. The van der Waals surface area contributed by atoms with Crippen molar-refractivity contribution in [3.8, 4) is 0 Å². The Kier molecular flexibility index (Phi) is 7.37. The number of carbonyl (C=O) groups is 2. The van der Waals surface area contributed by atoms with Crippen molar-refractivity contribution in [2.24, 2.45) is 0 Å². The van der Waals surface area contributed by atoms with Crippen LogP contribution in [-0.4, -0.2) is 18.2 Å². The van der Waals surface area contributed by atoms with Crippen LogP contribution in [0.4, 0.5) is 0 Å². The van der Waals surface area contributed by atoms with Gasteiger partial charge in [0.05, 0.1) is 0 Å². The summed E-state index contributed by atoms with van der Waals surface area (Å²) in [6.45, 7) is 6.73. The van der Waals surface area contributed by atoms with E-state index in [9.17, 15) is 9.59 Å². The Morgan fingerprint density at radius 2 is 1.59 bits per heavy atom. The van der Waals surface area contributed by atoms with E-state index in [4.69, 9.17) is 9.47 Å². The van der Waals surface area contributed by atoms with Crippen molar-refractivity contribution in [2.45, 2.75) is 53.2 Å². The van der Waals surface area contributed by atoms with Crippen molar-refractivity contribution in [1.29, 1.82) is 0 Å². The number of hydrogen-bond donors (Lipinski definition) is 0. The number of carbonyl (C=O) groups excluding carboxylic acids is 2. The Bertz CT molecular complexity index is 513. The predicted octanol–water partition coefficient (Wildman–Crippen LogP) is 3.88. The van der Waals surface area contributed by atoms with Crippen LogP contribution in [-0.2, 0) is 25.5 Å². The first-order valence-electron chi connectivity index (χ1n) is 7.60. The van der Waals surface area contributed by atoms with E-state index in [0.29, 0.717) is 6.42 Å². The zero-order valence-corrected chi connectivity index (χ0v) is 13.7. The highest BCUT2D eigenvalue weighted by atomic mass is 16.7. The van der Waals surface area contributed by atoms with Gasteiger partial charge in [-0.05, 0) is 30.0 Å². The summed E-state index contributed by atoms with van der Waals surface area (Å²) >= 11 is 0. The van der Waals surface area contributed by atoms with Crippen molar-refractivity contribution >= 4 is 18.0 Å². The van der Waals surface area contributed by atoms with Crippen molar-refractivity contribution in [1.82, 2.24) is 0 Å². The second kappa shape index (κ2) is 9.03. The first-order chi connectivity index (χ1) is 10.5. The molecule has 1 rings (SSSR count). The van der Waals surface area contributed by atoms with Gasteiger partial charge < -0.3 is 9.47 Å². The monoisotopic (exact) mass is 304 g/mol. The van der Waals surface area contributed by atoms with Crippen LogP contribution in [0.15, 0.2) is 29.8 Å². The quantitative estimate of drug-likeness (QED) is 0.566. The van der Waals surface area contributed by atoms with Crippen LogP contribution in [0.2, 0.25) is 0 Å². The molecule has 0 saturated carbocycles. The number of hydrogen-bond acceptors (Lipinski definition) is 4. The maximum Gasteiger partial charge on any atom is 0.305 e. The minimum atomic E-state index is -0.958. The van der Waals surface area contributed by atoms with Gasteiger partial charge in [-0.15, -0.1) is 0 Å². The van der Waals surface area contributed by atoms with Crippen molar-refractivity contribution in [3.63, 3.8) is 0 Å². The fraction of sp³-hybridized carbons (Fsp3) is 0.444. The lowest BCUT2D eigenvalue weighted by molar-refractivity contribution is -0.178. The van der Waals surface area contributed by atoms with Gasteiger partial charge in [0.15, 0.2) is 0 Å². The lowest BCUT2D eigenvalue weighted by Gasteiger charge is -2.19. The lowest BCUT2D eigenvalue weighted by atomic mass is 10.0. The zero-order chi connectivity index (χ0) is 16.5. The van der Waals surface area contributed by atoms with Gasteiger partial charge in [-0.25, -0.2) is 0 Å². The van der Waals surface area contributed by atoms with Crippen LogP contribution in [0, 0.1) is 0 Å². The molecule has 0 aliphatic rings. The SMILES string of the molecule is CCC/C(=C\c1ccc(CC)cc1)C(OC(C)=O)OC(C)=O. The summed E-state index contributed by atoms with van der Waals surface area (Å²) in [7, 11) is 0. The molecule has 120 valence electrons. The number of rotatable bonds is 7. The molecule has 0 amide bonds. The van der Waals surface area contributed by atoms with Crippen molar-refractivity contribution in [2.75, 3.05) is 0 Å². The van der Waals surface area contributed by atoms with E-state index in [1.807, 2.05) is 25.1 Å². The Morgan fingerprint density at radius 3 is 2.00 bits per heavy atom. The predicted molar refractivity (Wildman–Crippen MR) is 86.0 cm³/mol. The van der Waals surface area contributed by atoms with Crippen molar-refractivity contribution < 1.29 is 19.1 Å². The van der Waals surface area contributed by atoms with Gasteiger partial charge in [-0.2, -0.15) is 0 Å². The van der Waals surface area contributed by atoms with E-state index >= 15 is 0 Å². The molecule has 0 fully saturated rings. The van der Waals surface area contributed by atoms with Crippen LogP contribution in [0.3, 0.4) is 0 Å². The minimum Gasteiger partial charge on any atom is -0.421 e. The van der Waals surface area contributed by atoms with E-state index in [1.54, 1.807) is 0 Å². The summed E-state index contributed by atoms with van der Waals surface area (Å²) in [6.07, 6.45) is 3.48. The molecular weight excluding hydrogens is 280 g/mol. The van der Waals surface area contributed by atoms with Gasteiger partial charge in [0, 0.05) is 19.4 Å². The summed E-state index contributed by atoms with van der Waals surface area (Å²) in [6, 6.07) is 8.13. The van der Waals surface area contributed by atoms with Crippen LogP contribution in [0.25, 0.3) is 6.08 Å². The molecule has 0 spiro atoms. The molecule has 0 N–H and O–H groups in total. The van der Waals surface area contributed by atoms with Crippen LogP contribution in [0.5, 0.6) is 0 Å². The molecular formula is C18H24O4. The second-order valence-electron chi connectivity index (χ2n) is 5.12. The zero-order valence-electron chi connectivity index (χ0n) is 13.7. The van der Waals surface area contributed by atoms with Gasteiger partial charge in [0.25, 0.3) is 6.29 Å². The maximum atomic E-state index is 11.2. The van der Waals surface area contributed by atoms with E-state index in [1.165, 1.54) is 19.4 Å². The fourth-order valence-electron chi connectivity index (χ4n) is 2.09. The summed E-state index contributed by atoms with van der Waals surface area (Å²) in [4.78, 5) is 22.5. The Balaban J connectivity index is 3.06. The number of benzene rings is 1. The highest BCUT2D eigenvalue weighted by Crippen LogP contribution is 2.20. The van der Waals surface area contributed by atoms with Gasteiger partial charge in [-0.1, -0.05) is 44.5 Å². The van der Waals surface area contributed by atoms with Gasteiger partial charge in [0.1, 0.15) is 0 Å². The van der Waals surface area contributed by atoms with Crippen LogP contribution < -0.4 is 0 Å². The third-order valence-electron chi connectivity index (χ3n) is 3.13. The highest BCUT2D eigenvalue weighted by Gasteiger charge is 2.20. The highest BCUT2D eigenvalue weighted by molar-refractivity contribution is 5.69. The van der Waals surface area contributed by atoms with E-state index in [2.05, 4.69) is 19.1 Å². The molecule has 0 unspecified atom stereocenters. The minimum absolute atomic E-state index is 0.477. The summed E-state index contributed by atoms with van der Waals surface area (Å²) in [5.41, 5.74) is 3.02. The number of aryl methyl sites for hydroxylation is 1. The second-order valence-corrected chi connectivity index (χ2v) is 5.12. The molecule has 4 heteroatoms. The van der Waals surface area contributed by atoms with E-state index < -0.39 is 18.2 Å². The maximum absolute atomic E-state index is 11.2. The standard InChI is InChI=1S/C18H24O4/c1-5-7-17(18(21-13(3)19)22-14(4)20)12-16-10-8-15(6-2)9-11-16/h8-12,18H,5-7H2,1-4H3/b17-12+. The molecule has 0 bridgehead atoms. The van der Waals surface area contributed by atoms with E-state index in [-0.39, 0.29) is 0 Å². The molecule has 0 aromatic heterocycles. The molecule has 0 aliphatic heterocycles. The third-order valence-corrected chi connectivity index (χ3v) is 3.13. The number of ether oxygens (including phenoxy) is 2. The van der Waals surface area contributed by atoms with Crippen molar-refractivity contribution in [3.05, 3.63) is 41.0 Å². The smallest absolute Gasteiger partial charge is 0.305 e. The lowest BCUT2D eigenvalue weighted by Crippen LogP contribution is -2.24. The topological polar surface area (TPSA) is 52.6 Å². The molecule has 0 atom stereocenters. The Hall–Kier alpha value is -2.10. The Labute approximate surface area is 132 Å². The molecule has 1 aromatic carbocycles. The van der Waals surface area contributed by atoms with Gasteiger partial charge in [-0.3, -0.25) is 9.59 Å². The molecule has 0 saturated heterocycles. The summed E-state index contributed by atoms with van der Waals surface area (Å²) < 4.78 is 10.3. The van der Waals surface area contributed by atoms with Crippen LogP contribution >= 0.6 is 0 Å². The average Bonchev–Trinajstić information content (AvgIpc) is 2.46. The molecule has 0 radical (unpaired) electrons. The third kappa shape index (κ3) is 6.12. The molecule has 0 aliphatic carbocycles. The first-order valence-corrected chi connectivity index (χ1v) is 7.60. The van der Waals surface area contributed by atoms with Gasteiger partial charge in [0.2, 0.25) is 0 Å². The largest absolute Gasteiger partial charge is 0.421 e. The number of esters is 2. The fourth-order valence-corrected chi connectivity index (χ4v) is 2.09. The molecule has 0 heterocycles. The summed E-state index contributed by atoms with van der Waals surface area (Å²) in [5.74, 6) is -0.954.